The first-order valence-electron chi connectivity index (χ1n) is 28.9. The first-order valence-corrected chi connectivity index (χ1v) is 28.9. The van der Waals surface area contributed by atoms with Crippen molar-refractivity contribution in [3.63, 3.8) is 0 Å². The molecule has 0 N–H and O–H groups in total. The van der Waals surface area contributed by atoms with Gasteiger partial charge in [0.1, 0.15) is 13.2 Å². The summed E-state index contributed by atoms with van der Waals surface area (Å²) in [7, 11) is 0. The van der Waals surface area contributed by atoms with Crippen LogP contribution in [0.5, 0.6) is 0 Å². The Labute approximate surface area is 421 Å². The number of ether oxygens (including phenoxy) is 3. The fraction of sp³-hybridized carbons (Fsp3) is 0.758. The third-order valence-corrected chi connectivity index (χ3v) is 12.4. The summed E-state index contributed by atoms with van der Waals surface area (Å²) in [4.78, 5) is 38.2. The SMILES string of the molecule is CC/C=C\C/C=C\C/C=C\C/C=C\C/C=C\CCCCCC(=O)OC[C@@H](COC(=O)CCCCCCC/C=C\CCCCCCCC)OC(=O)CCCCCCCCCCCCCCCCCC. The molecule has 0 aliphatic heterocycles. The number of hydrogen-bond acceptors (Lipinski definition) is 6. The van der Waals surface area contributed by atoms with Crippen LogP contribution in [0.15, 0.2) is 72.9 Å². The van der Waals surface area contributed by atoms with Crippen molar-refractivity contribution < 1.29 is 28.6 Å². The van der Waals surface area contributed by atoms with E-state index in [1.807, 2.05) is 0 Å². The van der Waals surface area contributed by atoms with E-state index in [1.54, 1.807) is 0 Å². The molecular weight excluding hydrogens is 841 g/mol. The van der Waals surface area contributed by atoms with Gasteiger partial charge in [0.15, 0.2) is 6.10 Å². The quantitative estimate of drug-likeness (QED) is 0.0262. The number of unbranched alkanes of at least 4 members (excludes halogenated alkanes) is 29. The van der Waals surface area contributed by atoms with Crippen LogP contribution in [-0.4, -0.2) is 37.2 Å². The van der Waals surface area contributed by atoms with E-state index in [2.05, 4.69) is 93.7 Å². The minimum absolute atomic E-state index is 0.0882. The van der Waals surface area contributed by atoms with E-state index in [0.29, 0.717) is 19.3 Å². The molecule has 0 radical (unpaired) electrons. The number of esters is 3. The third-order valence-electron chi connectivity index (χ3n) is 12.4. The van der Waals surface area contributed by atoms with Crippen molar-refractivity contribution >= 4 is 17.9 Å². The molecular formula is C62H108O6. The fourth-order valence-corrected chi connectivity index (χ4v) is 8.11. The molecule has 0 aromatic heterocycles. The Bertz CT molecular complexity index is 1270. The van der Waals surface area contributed by atoms with Crippen molar-refractivity contribution in [2.45, 2.75) is 290 Å². The lowest BCUT2D eigenvalue weighted by molar-refractivity contribution is -0.167. The van der Waals surface area contributed by atoms with Crippen LogP contribution in [0.2, 0.25) is 0 Å². The van der Waals surface area contributed by atoms with E-state index in [9.17, 15) is 14.4 Å². The van der Waals surface area contributed by atoms with Crippen LogP contribution >= 0.6 is 0 Å². The van der Waals surface area contributed by atoms with E-state index < -0.39 is 6.10 Å². The number of carbonyl (C=O) groups excluding carboxylic acids is 3. The van der Waals surface area contributed by atoms with Gasteiger partial charge in [0.25, 0.3) is 0 Å². The molecule has 0 aliphatic carbocycles. The Kier molecular flexibility index (Phi) is 53.8. The average Bonchev–Trinajstić information content (AvgIpc) is 3.34. The maximum Gasteiger partial charge on any atom is 0.306 e. The average molecular weight is 950 g/mol. The predicted octanol–water partition coefficient (Wildman–Crippen LogP) is 19.4. The smallest absolute Gasteiger partial charge is 0.306 e. The molecule has 1 atom stereocenters. The lowest BCUT2D eigenvalue weighted by atomic mass is 10.0. The van der Waals surface area contributed by atoms with Crippen LogP contribution in [0.1, 0.15) is 284 Å². The lowest BCUT2D eigenvalue weighted by Crippen LogP contribution is -2.30. The second kappa shape index (κ2) is 56.4. The number of hydrogen-bond donors (Lipinski definition) is 0. The van der Waals surface area contributed by atoms with Gasteiger partial charge in [-0.2, -0.15) is 0 Å². The number of allylic oxidation sites excluding steroid dienone is 12. The number of rotatable bonds is 52. The van der Waals surface area contributed by atoms with Gasteiger partial charge < -0.3 is 14.2 Å². The summed E-state index contributed by atoms with van der Waals surface area (Å²) in [6.45, 7) is 6.51. The van der Waals surface area contributed by atoms with E-state index in [4.69, 9.17) is 14.2 Å². The second-order valence-corrected chi connectivity index (χ2v) is 19.2. The third kappa shape index (κ3) is 53.8. The summed E-state index contributed by atoms with van der Waals surface area (Å²) in [6, 6.07) is 0. The minimum Gasteiger partial charge on any atom is -0.462 e. The van der Waals surface area contributed by atoms with Crippen LogP contribution in [0.25, 0.3) is 0 Å². The first-order chi connectivity index (χ1) is 33.5. The summed E-state index contributed by atoms with van der Waals surface area (Å²) in [5.74, 6) is -0.918. The van der Waals surface area contributed by atoms with Gasteiger partial charge in [-0.3, -0.25) is 14.4 Å². The highest BCUT2D eigenvalue weighted by Gasteiger charge is 2.19. The summed E-state index contributed by atoms with van der Waals surface area (Å²) >= 11 is 0. The fourth-order valence-electron chi connectivity index (χ4n) is 8.11. The van der Waals surface area contributed by atoms with Crippen LogP contribution in [0.4, 0.5) is 0 Å². The number of carbonyl (C=O) groups is 3. The molecule has 0 saturated carbocycles. The first kappa shape index (κ1) is 64.8. The van der Waals surface area contributed by atoms with E-state index in [0.717, 1.165) is 103 Å². The van der Waals surface area contributed by atoms with Gasteiger partial charge in [-0.1, -0.05) is 248 Å². The molecule has 0 saturated heterocycles. The standard InChI is InChI=1S/C62H108O6/c1-4-7-10-13-16-19-22-25-28-30-31-32-35-37-40-43-46-49-52-55-61(64)67-58-59(57-66-60(63)54-51-48-45-42-39-36-33-27-24-21-18-15-12-9-6-3)68-62(65)56-53-50-47-44-41-38-34-29-26-23-20-17-14-11-8-5-2/h7,10,16,19,25,27-28,31-33,37,40,59H,4-6,8-9,11-15,17-18,20-24,26,29-30,34-36,38-39,41-58H2,1-3H3/b10-7-,19-16-,28-25-,32-31-,33-27-,40-37-/t59-/m1/s1. The van der Waals surface area contributed by atoms with E-state index in [1.165, 1.54) is 141 Å². The zero-order valence-corrected chi connectivity index (χ0v) is 44.9. The zero-order chi connectivity index (χ0) is 49.3. The molecule has 6 heteroatoms. The van der Waals surface area contributed by atoms with Crippen molar-refractivity contribution in [1.29, 1.82) is 0 Å². The zero-order valence-electron chi connectivity index (χ0n) is 44.9. The largest absolute Gasteiger partial charge is 0.462 e. The molecule has 0 rings (SSSR count). The van der Waals surface area contributed by atoms with Gasteiger partial charge in [-0.25, -0.2) is 0 Å². The highest BCUT2D eigenvalue weighted by Crippen LogP contribution is 2.16. The Hall–Kier alpha value is -3.15. The van der Waals surface area contributed by atoms with Gasteiger partial charge in [0.05, 0.1) is 0 Å². The Balaban J connectivity index is 4.43. The summed E-state index contributed by atoms with van der Waals surface area (Å²) in [5, 5.41) is 0. The highest BCUT2D eigenvalue weighted by atomic mass is 16.6. The molecule has 0 aromatic carbocycles. The van der Waals surface area contributed by atoms with Crippen molar-refractivity contribution in [1.82, 2.24) is 0 Å². The van der Waals surface area contributed by atoms with Crippen LogP contribution in [0, 0.1) is 0 Å². The highest BCUT2D eigenvalue weighted by molar-refractivity contribution is 5.71. The van der Waals surface area contributed by atoms with Gasteiger partial charge >= 0.3 is 17.9 Å². The maximum absolute atomic E-state index is 12.9. The molecule has 68 heavy (non-hydrogen) atoms. The normalized spacial score (nSPS) is 12.6. The Morgan fingerprint density at radius 2 is 0.574 bits per heavy atom. The molecule has 6 nitrogen and oxygen atoms in total. The van der Waals surface area contributed by atoms with Crippen LogP contribution in [-0.2, 0) is 28.6 Å². The molecule has 392 valence electrons. The predicted molar refractivity (Wildman–Crippen MR) is 293 cm³/mol. The molecule has 0 aliphatic rings. The summed E-state index contributed by atoms with van der Waals surface area (Å²) in [6.07, 6.45) is 71.7. The molecule has 0 bridgehead atoms. The molecule has 0 fully saturated rings. The van der Waals surface area contributed by atoms with Crippen LogP contribution < -0.4 is 0 Å². The molecule has 0 amide bonds. The van der Waals surface area contributed by atoms with Crippen molar-refractivity contribution in [3.05, 3.63) is 72.9 Å². The minimum atomic E-state index is -0.791. The lowest BCUT2D eigenvalue weighted by Gasteiger charge is -2.18. The van der Waals surface area contributed by atoms with E-state index in [-0.39, 0.29) is 31.1 Å². The Morgan fingerprint density at radius 1 is 0.309 bits per heavy atom. The van der Waals surface area contributed by atoms with Crippen molar-refractivity contribution in [3.8, 4) is 0 Å². The maximum atomic E-state index is 12.9. The van der Waals surface area contributed by atoms with E-state index >= 15 is 0 Å². The Morgan fingerprint density at radius 3 is 0.926 bits per heavy atom. The molecule has 0 unspecified atom stereocenters. The van der Waals surface area contributed by atoms with Gasteiger partial charge in [0, 0.05) is 19.3 Å². The van der Waals surface area contributed by atoms with Gasteiger partial charge in [-0.15, -0.1) is 0 Å². The molecule has 0 aromatic rings. The van der Waals surface area contributed by atoms with Crippen molar-refractivity contribution in [2.75, 3.05) is 13.2 Å². The van der Waals surface area contributed by atoms with Crippen molar-refractivity contribution in [2.24, 2.45) is 0 Å². The summed E-state index contributed by atoms with van der Waals surface area (Å²) < 4.78 is 16.8. The monoisotopic (exact) mass is 949 g/mol. The van der Waals surface area contributed by atoms with Gasteiger partial charge in [-0.05, 0) is 89.9 Å². The topological polar surface area (TPSA) is 78.9 Å². The summed E-state index contributed by atoms with van der Waals surface area (Å²) in [5.41, 5.74) is 0. The molecule has 0 heterocycles. The molecule has 0 spiro atoms. The van der Waals surface area contributed by atoms with Crippen LogP contribution in [0.3, 0.4) is 0 Å². The van der Waals surface area contributed by atoms with Gasteiger partial charge in [0.2, 0.25) is 0 Å². The second-order valence-electron chi connectivity index (χ2n) is 19.2.